The first-order valence-corrected chi connectivity index (χ1v) is 7.79. The molecule has 1 atom stereocenters. The van der Waals surface area contributed by atoms with Crippen LogP contribution in [0.4, 0.5) is 0 Å². The van der Waals surface area contributed by atoms with Crippen LogP contribution < -0.4 is 0 Å². The van der Waals surface area contributed by atoms with Crippen LogP contribution in [0.5, 0.6) is 0 Å². The van der Waals surface area contributed by atoms with Gasteiger partial charge in [-0.3, -0.25) is 4.79 Å². The van der Waals surface area contributed by atoms with Crippen molar-refractivity contribution in [3.63, 3.8) is 0 Å². The summed E-state index contributed by atoms with van der Waals surface area (Å²) in [5, 5.41) is 9.48. The highest BCUT2D eigenvalue weighted by Gasteiger charge is 2.16. The van der Waals surface area contributed by atoms with Crippen LogP contribution >= 0.6 is 27.7 Å². The van der Waals surface area contributed by atoms with Crippen LogP contribution in [0.15, 0.2) is 27.6 Å². The average Bonchev–Trinajstić information content (AvgIpc) is 2.24. The van der Waals surface area contributed by atoms with E-state index in [0.29, 0.717) is 0 Å². The second-order valence-corrected chi connectivity index (χ2v) is 7.11. The monoisotopic (exact) mass is 346 g/mol. The Bertz CT molecular complexity index is 452. The minimum absolute atomic E-state index is 0.232. The molecule has 1 unspecified atom stereocenters. The molecule has 0 aromatic heterocycles. The fraction of sp³-hybridized carbons (Fsp3) is 0.500. The Morgan fingerprint density at radius 1 is 1.47 bits per heavy atom. The highest BCUT2D eigenvalue weighted by atomic mass is 79.9. The summed E-state index contributed by atoms with van der Waals surface area (Å²) < 4.78 is 6.12. The van der Waals surface area contributed by atoms with Crippen molar-refractivity contribution >= 4 is 33.7 Å². The number of aliphatic hydroxyl groups is 1. The molecule has 0 bridgehead atoms. The third-order valence-electron chi connectivity index (χ3n) is 2.20. The summed E-state index contributed by atoms with van der Waals surface area (Å²) in [5.41, 5.74) is 0.388. The van der Waals surface area contributed by atoms with Gasteiger partial charge in [0.05, 0.1) is 11.9 Å². The maximum absolute atomic E-state index is 11.6. The lowest BCUT2D eigenvalue weighted by Crippen LogP contribution is -2.24. The van der Waals surface area contributed by atoms with Gasteiger partial charge in [0.15, 0.2) is 0 Å². The van der Waals surface area contributed by atoms with Gasteiger partial charge in [0.2, 0.25) is 0 Å². The molecule has 0 saturated heterocycles. The second kappa shape index (κ2) is 6.77. The molecule has 0 aliphatic carbocycles. The molecule has 0 fully saturated rings. The van der Waals surface area contributed by atoms with Crippen molar-refractivity contribution in [1.82, 2.24) is 0 Å². The summed E-state index contributed by atoms with van der Waals surface area (Å²) in [4.78, 5) is 12.6. The minimum Gasteiger partial charge on any atom is -0.459 e. The number of hydrogen-bond acceptors (Lipinski definition) is 4. The van der Waals surface area contributed by atoms with Crippen molar-refractivity contribution in [3.05, 3.63) is 28.2 Å². The molecule has 0 spiro atoms. The van der Waals surface area contributed by atoms with Gasteiger partial charge in [-0.2, -0.15) is 0 Å². The van der Waals surface area contributed by atoms with E-state index in [1.165, 1.54) is 11.8 Å². The van der Waals surface area contributed by atoms with Gasteiger partial charge in [0.1, 0.15) is 5.60 Å². The van der Waals surface area contributed by atoms with Gasteiger partial charge < -0.3 is 9.84 Å². The first-order chi connectivity index (χ1) is 8.69. The van der Waals surface area contributed by atoms with Crippen molar-refractivity contribution in [2.75, 3.05) is 5.75 Å². The third kappa shape index (κ3) is 5.97. The van der Waals surface area contributed by atoms with Crippen LogP contribution in [0.3, 0.4) is 0 Å². The quantitative estimate of drug-likeness (QED) is 0.662. The number of ether oxygens (including phenoxy) is 1. The van der Waals surface area contributed by atoms with Crippen molar-refractivity contribution in [2.24, 2.45) is 0 Å². The van der Waals surface area contributed by atoms with E-state index in [-0.39, 0.29) is 11.7 Å². The molecule has 0 saturated carbocycles. The van der Waals surface area contributed by atoms with E-state index in [2.05, 4.69) is 15.9 Å². The number of halogens is 1. The molecular formula is C14H19BrO3S. The molecule has 1 rings (SSSR count). The van der Waals surface area contributed by atoms with Crippen LogP contribution in [0, 0.1) is 0 Å². The molecule has 5 heteroatoms. The fourth-order valence-electron chi connectivity index (χ4n) is 1.40. The van der Waals surface area contributed by atoms with Crippen LogP contribution in [0.1, 0.15) is 39.4 Å². The zero-order valence-electron chi connectivity index (χ0n) is 11.6. The highest BCUT2D eigenvalue weighted by molar-refractivity contribution is 9.10. The first-order valence-electron chi connectivity index (χ1n) is 6.01. The molecule has 0 radical (unpaired) electrons. The van der Waals surface area contributed by atoms with E-state index < -0.39 is 11.7 Å². The smallest absolute Gasteiger partial charge is 0.316 e. The van der Waals surface area contributed by atoms with Gasteiger partial charge in [-0.1, -0.05) is 6.07 Å². The molecule has 1 N–H and O–H groups in total. The summed E-state index contributed by atoms with van der Waals surface area (Å²) in [6, 6.07) is 5.61. The number of thioether (sulfide) groups is 1. The summed E-state index contributed by atoms with van der Waals surface area (Å²) in [5.74, 6) is 0.0353. The average molecular weight is 347 g/mol. The summed E-state index contributed by atoms with van der Waals surface area (Å²) >= 11 is 4.86. The van der Waals surface area contributed by atoms with E-state index in [4.69, 9.17) is 4.74 Å². The number of benzene rings is 1. The van der Waals surface area contributed by atoms with Crippen molar-refractivity contribution in [3.8, 4) is 0 Å². The SMILES string of the molecule is CC(O)c1ccc(SCC(=O)OC(C)(C)C)c(Br)c1. The number of hydrogen-bond donors (Lipinski definition) is 1. The largest absolute Gasteiger partial charge is 0.459 e. The molecule has 1 aromatic carbocycles. The van der Waals surface area contributed by atoms with Crippen molar-refractivity contribution in [1.29, 1.82) is 0 Å². The number of rotatable bonds is 4. The Labute approximate surface area is 126 Å². The highest BCUT2D eigenvalue weighted by Crippen LogP contribution is 2.30. The van der Waals surface area contributed by atoms with Crippen LogP contribution in [-0.2, 0) is 9.53 Å². The maximum atomic E-state index is 11.6. The lowest BCUT2D eigenvalue weighted by molar-refractivity contribution is -0.151. The van der Waals surface area contributed by atoms with Gasteiger partial charge in [-0.25, -0.2) is 0 Å². The Balaban J connectivity index is 2.61. The van der Waals surface area contributed by atoms with Crippen LogP contribution in [0.2, 0.25) is 0 Å². The van der Waals surface area contributed by atoms with Gasteiger partial charge in [-0.15, -0.1) is 11.8 Å². The van der Waals surface area contributed by atoms with E-state index >= 15 is 0 Å². The van der Waals surface area contributed by atoms with E-state index in [9.17, 15) is 9.90 Å². The van der Waals surface area contributed by atoms with E-state index in [1.807, 2.05) is 39.0 Å². The Morgan fingerprint density at radius 2 is 2.11 bits per heavy atom. The van der Waals surface area contributed by atoms with Crippen molar-refractivity contribution in [2.45, 2.75) is 44.3 Å². The predicted octanol–water partition coefficient (Wildman–Crippen LogP) is 3.94. The number of carbonyl (C=O) groups excluding carboxylic acids is 1. The Morgan fingerprint density at radius 3 is 2.58 bits per heavy atom. The number of aliphatic hydroxyl groups excluding tert-OH is 1. The molecule has 0 aliphatic heterocycles. The zero-order chi connectivity index (χ0) is 14.6. The predicted molar refractivity (Wildman–Crippen MR) is 81.3 cm³/mol. The Kier molecular flexibility index (Phi) is 5.89. The molecule has 106 valence electrons. The summed E-state index contributed by atoms with van der Waals surface area (Å²) in [6.45, 7) is 7.27. The normalized spacial score (nSPS) is 13.2. The minimum atomic E-state index is -0.499. The fourth-order valence-corrected chi connectivity index (χ4v) is 2.83. The van der Waals surface area contributed by atoms with E-state index in [1.54, 1.807) is 6.92 Å². The van der Waals surface area contributed by atoms with Crippen molar-refractivity contribution < 1.29 is 14.6 Å². The lowest BCUT2D eigenvalue weighted by atomic mass is 10.1. The molecule has 0 amide bonds. The summed E-state index contributed by atoms with van der Waals surface area (Å²) in [6.07, 6.45) is -0.499. The van der Waals surface area contributed by atoms with Crippen LogP contribution in [-0.4, -0.2) is 22.4 Å². The van der Waals surface area contributed by atoms with Crippen LogP contribution in [0.25, 0.3) is 0 Å². The molecule has 1 aromatic rings. The molecule has 0 aliphatic rings. The lowest BCUT2D eigenvalue weighted by Gasteiger charge is -2.19. The molecule has 19 heavy (non-hydrogen) atoms. The molecule has 3 nitrogen and oxygen atoms in total. The first kappa shape index (κ1) is 16.5. The Hall–Kier alpha value is -0.520. The number of carbonyl (C=O) groups is 1. The van der Waals surface area contributed by atoms with Gasteiger partial charge in [0.25, 0.3) is 0 Å². The zero-order valence-corrected chi connectivity index (χ0v) is 14.0. The van der Waals surface area contributed by atoms with Gasteiger partial charge >= 0.3 is 5.97 Å². The third-order valence-corrected chi connectivity index (χ3v) is 4.17. The molecule has 0 heterocycles. The topological polar surface area (TPSA) is 46.5 Å². The van der Waals surface area contributed by atoms with Gasteiger partial charge in [0, 0.05) is 9.37 Å². The second-order valence-electron chi connectivity index (χ2n) is 5.24. The van der Waals surface area contributed by atoms with Gasteiger partial charge in [-0.05, 0) is 61.3 Å². The maximum Gasteiger partial charge on any atom is 0.316 e. The van der Waals surface area contributed by atoms with E-state index in [0.717, 1.165) is 14.9 Å². The summed E-state index contributed by atoms with van der Waals surface area (Å²) in [7, 11) is 0. The standard InChI is InChI=1S/C14H19BrO3S/c1-9(16)10-5-6-12(11(15)7-10)19-8-13(17)18-14(2,3)4/h5-7,9,16H,8H2,1-4H3. The molecular weight excluding hydrogens is 328 g/mol. The number of esters is 1.